The molecule has 16 heavy (non-hydrogen) atoms. The Labute approximate surface area is 99.5 Å². The van der Waals surface area contributed by atoms with Gasteiger partial charge < -0.3 is 10.4 Å². The van der Waals surface area contributed by atoms with Crippen molar-refractivity contribution in [2.24, 2.45) is 5.92 Å². The summed E-state index contributed by atoms with van der Waals surface area (Å²) in [7, 11) is 0. The first-order valence-electron chi connectivity index (χ1n) is 5.75. The van der Waals surface area contributed by atoms with Crippen LogP contribution in [0.2, 0.25) is 0 Å². The Balaban J connectivity index is 1.87. The molecular formula is C12H17NO2S. The Morgan fingerprint density at radius 3 is 3.06 bits per heavy atom. The van der Waals surface area contributed by atoms with Gasteiger partial charge in [0, 0.05) is 6.54 Å². The smallest absolute Gasteiger partial charge is 0.261 e. The molecule has 1 heterocycles. The topological polar surface area (TPSA) is 49.3 Å². The molecule has 1 atom stereocenters. The second-order valence-corrected chi connectivity index (χ2v) is 5.16. The summed E-state index contributed by atoms with van der Waals surface area (Å²) in [5.74, 6) is 0.362. The lowest BCUT2D eigenvalue weighted by atomic mass is 10.2. The number of rotatable bonds is 5. The van der Waals surface area contributed by atoms with Gasteiger partial charge in [-0.2, -0.15) is 0 Å². The van der Waals surface area contributed by atoms with Gasteiger partial charge in [0.15, 0.2) is 0 Å². The van der Waals surface area contributed by atoms with E-state index in [4.69, 9.17) is 0 Å². The van der Waals surface area contributed by atoms with Crippen molar-refractivity contribution in [2.75, 3.05) is 6.54 Å². The number of hydrogen-bond acceptors (Lipinski definition) is 3. The molecule has 88 valence electrons. The fourth-order valence-corrected chi connectivity index (χ4v) is 2.65. The van der Waals surface area contributed by atoms with Crippen molar-refractivity contribution >= 4 is 17.2 Å². The van der Waals surface area contributed by atoms with Crippen LogP contribution in [0.5, 0.6) is 0 Å². The zero-order valence-corrected chi connectivity index (χ0v) is 10.2. The summed E-state index contributed by atoms with van der Waals surface area (Å²) in [6.45, 7) is 2.42. The minimum Gasteiger partial charge on any atom is -0.391 e. The molecule has 1 amide bonds. The van der Waals surface area contributed by atoms with E-state index in [1.54, 1.807) is 0 Å². The second kappa shape index (κ2) is 4.97. The molecule has 1 saturated carbocycles. The normalized spacial score (nSPS) is 17.1. The van der Waals surface area contributed by atoms with Crippen molar-refractivity contribution in [1.82, 2.24) is 5.32 Å². The summed E-state index contributed by atoms with van der Waals surface area (Å²) in [4.78, 5) is 12.6. The maximum atomic E-state index is 11.8. The molecule has 1 unspecified atom stereocenters. The van der Waals surface area contributed by atoms with Crippen LogP contribution in [0.25, 0.3) is 0 Å². The van der Waals surface area contributed by atoms with Crippen LogP contribution in [-0.2, 0) is 6.42 Å². The van der Waals surface area contributed by atoms with E-state index in [1.807, 2.05) is 18.4 Å². The zero-order valence-electron chi connectivity index (χ0n) is 9.40. The molecule has 1 aliphatic rings. The van der Waals surface area contributed by atoms with E-state index in [1.165, 1.54) is 11.3 Å². The van der Waals surface area contributed by atoms with Crippen molar-refractivity contribution in [3.05, 3.63) is 21.9 Å². The van der Waals surface area contributed by atoms with Crippen LogP contribution in [0.3, 0.4) is 0 Å². The number of aliphatic hydroxyl groups is 1. The third-order valence-corrected chi connectivity index (χ3v) is 3.93. The molecule has 0 spiro atoms. The fourth-order valence-electron chi connectivity index (χ4n) is 1.74. The van der Waals surface area contributed by atoms with Crippen LogP contribution in [0.15, 0.2) is 11.4 Å². The van der Waals surface area contributed by atoms with Gasteiger partial charge in [-0.1, -0.05) is 6.92 Å². The Kier molecular flexibility index (Phi) is 3.61. The lowest BCUT2D eigenvalue weighted by Crippen LogP contribution is -2.33. The van der Waals surface area contributed by atoms with E-state index in [0.29, 0.717) is 12.5 Å². The van der Waals surface area contributed by atoms with Crippen LogP contribution in [-0.4, -0.2) is 23.7 Å². The molecule has 1 aromatic rings. The Morgan fingerprint density at radius 2 is 2.44 bits per heavy atom. The summed E-state index contributed by atoms with van der Waals surface area (Å²) < 4.78 is 0. The summed E-state index contributed by atoms with van der Waals surface area (Å²) in [6.07, 6.45) is 2.69. The third kappa shape index (κ3) is 2.62. The molecule has 0 aliphatic heterocycles. The van der Waals surface area contributed by atoms with Gasteiger partial charge >= 0.3 is 0 Å². The predicted molar refractivity (Wildman–Crippen MR) is 64.8 cm³/mol. The van der Waals surface area contributed by atoms with E-state index >= 15 is 0 Å². The molecule has 0 bridgehead atoms. The molecule has 1 fully saturated rings. The van der Waals surface area contributed by atoms with E-state index in [-0.39, 0.29) is 12.0 Å². The summed E-state index contributed by atoms with van der Waals surface area (Å²) in [6, 6.07) is 1.98. The standard InChI is InChI=1S/C12H17NO2S/c1-2-8-5-6-16-11(8)12(15)13-7-10(14)9-3-4-9/h5-6,9-10,14H,2-4,7H2,1H3,(H,13,15). The highest BCUT2D eigenvalue weighted by Crippen LogP contribution is 2.32. The lowest BCUT2D eigenvalue weighted by Gasteiger charge is -2.10. The van der Waals surface area contributed by atoms with E-state index < -0.39 is 0 Å². The number of carbonyl (C=O) groups is 1. The van der Waals surface area contributed by atoms with Gasteiger partial charge in [0.2, 0.25) is 0 Å². The van der Waals surface area contributed by atoms with E-state index in [0.717, 1.165) is 29.7 Å². The lowest BCUT2D eigenvalue weighted by molar-refractivity contribution is 0.0904. The van der Waals surface area contributed by atoms with E-state index in [2.05, 4.69) is 5.32 Å². The average Bonchev–Trinajstić information content (AvgIpc) is 3.03. The Hall–Kier alpha value is -0.870. The SMILES string of the molecule is CCc1ccsc1C(=O)NCC(O)C1CC1. The first kappa shape index (κ1) is 11.6. The number of hydrogen-bond donors (Lipinski definition) is 2. The number of amides is 1. The predicted octanol–water partition coefficient (Wildman–Crippen LogP) is 1.81. The van der Waals surface area contributed by atoms with Gasteiger partial charge in [0.1, 0.15) is 0 Å². The number of aryl methyl sites for hydroxylation is 1. The molecule has 2 rings (SSSR count). The highest BCUT2D eigenvalue weighted by molar-refractivity contribution is 7.12. The molecule has 1 aromatic heterocycles. The van der Waals surface area contributed by atoms with E-state index in [9.17, 15) is 9.90 Å². The van der Waals surface area contributed by atoms with Crippen LogP contribution in [0.1, 0.15) is 35.0 Å². The number of nitrogens with one attached hydrogen (secondary N) is 1. The highest BCUT2D eigenvalue weighted by Gasteiger charge is 2.29. The monoisotopic (exact) mass is 239 g/mol. The highest BCUT2D eigenvalue weighted by atomic mass is 32.1. The summed E-state index contributed by atoms with van der Waals surface area (Å²) >= 11 is 1.46. The molecular weight excluding hydrogens is 222 g/mol. The zero-order chi connectivity index (χ0) is 11.5. The summed E-state index contributed by atoms with van der Waals surface area (Å²) in [5.41, 5.74) is 1.09. The molecule has 1 aliphatic carbocycles. The van der Waals surface area contributed by atoms with Crippen molar-refractivity contribution in [1.29, 1.82) is 0 Å². The Bertz CT molecular complexity index is 371. The van der Waals surface area contributed by atoms with Crippen LogP contribution >= 0.6 is 11.3 Å². The fraction of sp³-hybridized carbons (Fsp3) is 0.583. The largest absolute Gasteiger partial charge is 0.391 e. The van der Waals surface area contributed by atoms with Gasteiger partial charge in [0.25, 0.3) is 5.91 Å². The van der Waals surface area contributed by atoms with Crippen molar-refractivity contribution in [3.8, 4) is 0 Å². The number of aliphatic hydroxyl groups excluding tert-OH is 1. The van der Waals surface area contributed by atoms with Crippen LogP contribution < -0.4 is 5.32 Å². The summed E-state index contributed by atoms with van der Waals surface area (Å²) in [5, 5.41) is 14.4. The molecule has 0 saturated heterocycles. The average molecular weight is 239 g/mol. The number of carbonyl (C=O) groups excluding carboxylic acids is 1. The van der Waals surface area contributed by atoms with Crippen molar-refractivity contribution in [2.45, 2.75) is 32.3 Å². The minimum absolute atomic E-state index is 0.0495. The molecule has 4 heteroatoms. The third-order valence-electron chi connectivity index (χ3n) is 2.97. The number of thiophene rings is 1. The molecule has 2 N–H and O–H groups in total. The van der Waals surface area contributed by atoms with Gasteiger partial charge in [-0.25, -0.2) is 0 Å². The Morgan fingerprint density at radius 1 is 1.69 bits per heavy atom. The first-order chi connectivity index (χ1) is 7.72. The maximum absolute atomic E-state index is 11.8. The van der Waals surface area contributed by atoms with Gasteiger partial charge in [-0.15, -0.1) is 11.3 Å². The minimum atomic E-state index is -0.367. The molecule has 0 radical (unpaired) electrons. The first-order valence-corrected chi connectivity index (χ1v) is 6.63. The van der Waals surface area contributed by atoms with Gasteiger partial charge in [0.05, 0.1) is 11.0 Å². The van der Waals surface area contributed by atoms with Gasteiger partial charge in [-0.05, 0) is 42.2 Å². The molecule has 3 nitrogen and oxygen atoms in total. The van der Waals surface area contributed by atoms with Crippen LogP contribution in [0, 0.1) is 5.92 Å². The second-order valence-electron chi connectivity index (χ2n) is 4.24. The quantitative estimate of drug-likeness (QED) is 0.823. The van der Waals surface area contributed by atoms with Gasteiger partial charge in [-0.3, -0.25) is 4.79 Å². The molecule has 0 aromatic carbocycles. The van der Waals surface area contributed by atoms with Crippen molar-refractivity contribution < 1.29 is 9.90 Å². The van der Waals surface area contributed by atoms with Crippen LogP contribution in [0.4, 0.5) is 0 Å². The maximum Gasteiger partial charge on any atom is 0.261 e. The van der Waals surface area contributed by atoms with Crippen molar-refractivity contribution in [3.63, 3.8) is 0 Å².